The molecule has 1 atom stereocenters. The second-order valence-electron chi connectivity index (χ2n) is 5.99. The summed E-state index contributed by atoms with van der Waals surface area (Å²) in [6.45, 7) is 0. The number of carbonyl (C=O) groups is 1. The Morgan fingerprint density at radius 1 is 1.42 bits per heavy atom. The highest BCUT2D eigenvalue weighted by molar-refractivity contribution is 5.99. The van der Waals surface area contributed by atoms with Crippen LogP contribution in [0.4, 0.5) is 11.6 Å². The topological polar surface area (TPSA) is 145 Å². The number of benzene rings is 1. The van der Waals surface area contributed by atoms with E-state index in [-0.39, 0.29) is 11.5 Å². The molecule has 2 aromatic rings. The molecule has 0 spiro atoms. The Morgan fingerprint density at radius 3 is 2.96 bits per heavy atom. The van der Waals surface area contributed by atoms with Crippen molar-refractivity contribution in [2.45, 2.75) is 25.3 Å². The predicted octanol–water partition coefficient (Wildman–Crippen LogP) is 1.32. The van der Waals surface area contributed by atoms with Crippen LogP contribution >= 0.6 is 0 Å². The number of Topliss-reactive ketones (excluding diaryl/α,β-unsaturated/α-hetero) is 1. The average Bonchev–Trinajstić information content (AvgIpc) is 3.08. The zero-order valence-corrected chi connectivity index (χ0v) is 13.7. The van der Waals surface area contributed by atoms with E-state index in [0.717, 1.165) is 0 Å². The SMILES string of the molecule is COc1cc([C@H]2C3=C(CCCC3=O)Nc3nnnn32)cc([N+](=O)[O-])c1O. The number of methoxy groups -OCH3 is 1. The number of fused-ring (bicyclic) bond motifs is 1. The summed E-state index contributed by atoms with van der Waals surface area (Å²) in [5.74, 6) is -0.359. The number of phenolic OH excluding ortho intramolecular Hbond substituents is 1. The van der Waals surface area contributed by atoms with Crippen LogP contribution < -0.4 is 10.1 Å². The molecule has 11 heteroatoms. The van der Waals surface area contributed by atoms with Crippen molar-refractivity contribution in [3.05, 3.63) is 39.1 Å². The minimum Gasteiger partial charge on any atom is -0.500 e. The van der Waals surface area contributed by atoms with Crippen molar-refractivity contribution < 1.29 is 19.6 Å². The Hall–Kier alpha value is -3.50. The molecule has 134 valence electrons. The molecule has 0 unspecified atom stereocenters. The van der Waals surface area contributed by atoms with Crippen LogP contribution in [0.1, 0.15) is 30.9 Å². The fraction of sp³-hybridized carbons (Fsp3) is 0.333. The molecule has 2 N–H and O–H groups in total. The molecule has 2 aliphatic rings. The van der Waals surface area contributed by atoms with E-state index >= 15 is 0 Å². The number of nitro groups is 1. The van der Waals surface area contributed by atoms with Crippen LogP contribution in [-0.4, -0.2) is 43.1 Å². The standard InChI is InChI=1S/C15H14N6O5/c1-26-11-6-7(5-9(14(11)23)21(24)25)13-12-8(3-2-4-10(12)22)16-15-17-18-19-20(13)15/h5-6,13,23H,2-4H2,1H3,(H,16,17,19)/t13-/m0/s1. The van der Waals surface area contributed by atoms with Crippen molar-refractivity contribution in [2.75, 3.05) is 12.4 Å². The molecule has 1 aromatic heterocycles. The molecule has 1 aromatic carbocycles. The predicted molar refractivity (Wildman–Crippen MR) is 86.8 cm³/mol. The summed E-state index contributed by atoms with van der Waals surface area (Å²) < 4.78 is 6.47. The van der Waals surface area contributed by atoms with Gasteiger partial charge < -0.3 is 15.2 Å². The fourth-order valence-corrected chi connectivity index (χ4v) is 3.39. The fourth-order valence-electron chi connectivity index (χ4n) is 3.39. The number of aromatic hydroxyl groups is 1. The third kappa shape index (κ3) is 2.28. The van der Waals surface area contributed by atoms with Crippen LogP contribution in [0.15, 0.2) is 23.4 Å². The number of nitrogens with zero attached hydrogens (tertiary/aromatic N) is 5. The van der Waals surface area contributed by atoms with Crippen molar-refractivity contribution in [1.29, 1.82) is 0 Å². The number of ketones is 1. The third-order valence-electron chi connectivity index (χ3n) is 4.54. The molecule has 0 amide bonds. The number of nitro benzene ring substituents is 1. The van der Waals surface area contributed by atoms with E-state index in [1.807, 2.05) is 0 Å². The Morgan fingerprint density at radius 2 is 2.23 bits per heavy atom. The Bertz CT molecular complexity index is 965. The minimum atomic E-state index is -0.739. The van der Waals surface area contributed by atoms with Gasteiger partial charge in [0.15, 0.2) is 11.5 Å². The molecule has 11 nitrogen and oxygen atoms in total. The van der Waals surface area contributed by atoms with Crippen LogP contribution in [0.5, 0.6) is 11.5 Å². The summed E-state index contributed by atoms with van der Waals surface area (Å²) in [7, 11) is 1.30. The van der Waals surface area contributed by atoms with Crippen LogP contribution in [-0.2, 0) is 4.79 Å². The second-order valence-corrected chi connectivity index (χ2v) is 5.99. The first-order valence-electron chi connectivity index (χ1n) is 7.87. The summed E-state index contributed by atoms with van der Waals surface area (Å²) in [4.78, 5) is 23.2. The summed E-state index contributed by atoms with van der Waals surface area (Å²) in [5, 5.41) is 35.8. The summed E-state index contributed by atoms with van der Waals surface area (Å²) in [6.07, 6.45) is 1.74. The largest absolute Gasteiger partial charge is 0.500 e. The van der Waals surface area contributed by atoms with Crippen LogP contribution in [0, 0.1) is 10.1 Å². The monoisotopic (exact) mass is 358 g/mol. The lowest BCUT2D eigenvalue weighted by atomic mass is 9.85. The Labute approximate surface area is 146 Å². The molecular weight excluding hydrogens is 344 g/mol. The van der Waals surface area contributed by atoms with Gasteiger partial charge in [-0.25, -0.2) is 0 Å². The van der Waals surface area contributed by atoms with Gasteiger partial charge in [-0.1, -0.05) is 5.10 Å². The third-order valence-corrected chi connectivity index (χ3v) is 4.54. The molecule has 0 bridgehead atoms. The average molecular weight is 358 g/mol. The first-order chi connectivity index (χ1) is 12.5. The van der Waals surface area contributed by atoms with Crippen molar-refractivity contribution >= 4 is 17.4 Å². The molecule has 0 radical (unpaired) electrons. The molecule has 4 rings (SSSR count). The maximum atomic E-state index is 12.6. The Kier molecular flexibility index (Phi) is 3.56. The normalized spacial score (nSPS) is 18.8. The van der Waals surface area contributed by atoms with E-state index in [4.69, 9.17) is 4.74 Å². The summed E-state index contributed by atoms with van der Waals surface area (Å²) in [6, 6.07) is 1.93. The van der Waals surface area contributed by atoms with Gasteiger partial charge in [-0.2, -0.15) is 4.68 Å². The van der Waals surface area contributed by atoms with Crippen LogP contribution in [0.3, 0.4) is 0 Å². The lowest BCUT2D eigenvalue weighted by Crippen LogP contribution is -2.31. The number of nitrogens with one attached hydrogen (secondary N) is 1. The highest BCUT2D eigenvalue weighted by Crippen LogP contribution is 2.44. The van der Waals surface area contributed by atoms with Gasteiger partial charge in [-0.05, 0) is 34.9 Å². The van der Waals surface area contributed by atoms with Gasteiger partial charge in [0, 0.05) is 23.8 Å². The van der Waals surface area contributed by atoms with Crippen molar-refractivity contribution in [1.82, 2.24) is 20.2 Å². The highest BCUT2D eigenvalue weighted by Gasteiger charge is 2.38. The highest BCUT2D eigenvalue weighted by atomic mass is 16.6. The molecule has 0 saturated carbocycles. The second kappa shape index (κ2) is 5.79. The number of hydrogen-bond donors (Lipinski definition) is 2. The van der Waals surface area contributed by atoms with Crippen molar-refractivity contribution in [3.8, 4) is 11.5 Å². The lowest BCUT2D eigenvalue weighted by Gasteiger charge is -2.31. The summed E-state index contributed by atoms with van der Waals surface area (Å²) >= 11 is 0. The van der Waals surface area contributed by atoms with Gasteiger partial charge in [-0.3, -0.25) is 14.9 Å². The number of hydrogen-bond acceptors (Lipinski definition) is 9. The van der Waals surface area contributed by atoms with E-state index in [2.05, 4.69) is 20.8 Å². The maximum Gasteiger partial charge on any atom is 0.315 e. The molecule has 0 saturated heterocycles. The number of anilines is 1. The van der Waals surface area contributed by atoms with Gasteiger partial charge >= 0.3 is 5.69 Å². The zero-order chi connectivity index (χ0) is 18.4. The number of rotatable bonds is 3. The van der Waals surface area contributed by atoms with Gasteiger partial charge in [0.2, 0.25) is 11.7 Å². The van der Waals surface area contributed by atoms with E-state index in [1.165, 1.54) is 23.9 Å². The molecular formula is C15H14N6O5. The van der Waals surface area contributed by atoms with E-state index in [0.29, 0.717) is 42.0 Å². The van der Waals surface area contributed by atoms with Crippen molar-refractivity contribution in [2.24, 2.45) is 0 Å². The number of ether oxygens (including phenoxy) is 1. The number of allylic oxidation sites excluding steroid dienone is 2. The molecule has 26 heavy (non-hydrogen) atoms. The first-order valence-corrected chi connectivity index (χ1v) is 7.87. The van der Waals surface area contributed by atoms with E-state index in [9.17, 15) is 20.0 Å². The summed E-state index contributed by atoms with van der Waals surface area (Å²) in [5.41, 5.74) is 1.04. The zero-order valence-electron chi connectivity index (χ0n) is 13.7. The lowest BCUT2D eigenvalue weighted by molar-refractivity contribution is -0.386. The maximum absolute atomic E-state index is 12.6. The first kappa shape index (κ1) is 16.0. The minimum absolute atomic E-state index is 0.0623. The number of tetrazole rings is 1. The molecule has 2 heterocycles. The van der Waals surface area contributed by atoms with Gasteiger partial charge in [0.25, 0.3) is 0 Å². The number of carbonyl (C=O) groups excluding carboxylic acids is 1. The van der Waals surface area contributed by atoms with E-state index < -0.39 is 22.4 Å². The molecule has 1 aliphatic carbocycles. The van der Waals surface area contributed by atoms with Gasteiger partial charge in [0.1, 0.15) is 6.04 Å². The number of phenols is 1. The number of aromatic nitrogens is 4. The van der Waals surface area contributed by atoms with Gasteiger partial charge in [-0.15, -0.1) is 0 Å². The molecule has 1 aliphatic heterocycles. The van der Waals surface area contributed by atoms with E-state index in [1.54, 1.807) is 0 Å². The Balaban J connectivity index is 1.96. The van der Waals surface area contributed by atoms with Crippen LogP contribution in [0.2, 0.25) is 0 Å². The molecule has 0 fully saturated rings. The van der Waals surface area contributed by atoms with Crippen molar-refractivity contribution in [3.63, 3.8) is 0 Å². The van der Waals surface area contributed by atoms with Crippen LogP contribution in [0.25, 0.3) is 0 Å². The van der Waals surface area contributed by atoms with Gasteiger partial charge in [0.05, 0.1) is 12.0 Å². The smallest absolute Gasteiger partial charge is 0.315 e. The quantitative estimate of drug-likeness (QED) is 0.612.